The molecule has 138 valence electrons. The first-order valence-corrected chi connectivity index (χ1v) is 8.81. The van der Waals surface area contributed by atoms with E-state index in [1.54, 1.807) is 0 Å². The molecule has 0 saturated carbocycles. The molecule has 0 bridgehead atoms. The third kappa shape index (κ3) is 2.73. The molecule has 1 unspecified atom stereocenters. The number of imidazole rings is 1. The molecular weight excluding hydrogens is 340 g/mol. The monoisotopic (exact) mass is 362 g/mol. The summed E-state index contributed by atoms with van der Waals surface area (Å²) in [7, 11) is 5.42. The summed E-state index contributed by atoms with van der Waals surface area (Å²) in [5.74, 6) is 0.383. The van der Waals surface area contributed by atoms with Crippen LogP contribution in [0.2, 0.25) is 0 Å². The van der Waals surface area contributed by atoms with Gasteiger partial charge in [-0.05, 0) is 36.8 Å². The summed E-state index contributed by atoms with van der Waals surface area (Å²) < 4.78 is 7.17. The maximum absolute atomic E-state index is 12.6. The van der Waals surface area contributed by atoms with E-state index in [1.807, 2.05) is 50.2 Å². The van der Waals surface area contributed by atoms with Crippen molar-refractivity contribution in [3.05, 3.63) is 65.4 Å². The summed E-state index contributed by atoms with van der Waals surface area (Å²) in [5.41, 5.74) is 5.30. The number of methoxy groups -OCH3 is 1. The highest BCUT2D eigenvalue weighted by atomic mass is 16.5. The Balaban J connectivity index is 1.95. The fourth-order valence-corrected chi connectivity index (χ4v) is 3.61. The summed E-state index contributed by atoms with van der Waals surface area (Å²) >= 11 is 0. The number of benzene rings is 2. The van der Waals surface area contributed by atoms with Gasteiger partial charge in [-0.25, -0.2) is 9.78 Å². The van der Waals surface area contributed by atoms with Gasteiger partial charge in [0, 0.05) is 25.5 Å². The van der Waals surface area contributed by atoms with Crippen LogP contribution >= 0.6 is 0 Å². The van der Waals surface area contributed by atoms with Gasteiger partial charge in [0.15, 0.2) is 0 Å². The molecule has 0 spiro atoms. The van der Waals surface area contributed by atoms with Crippen LogP contribution in [0, 0.1) is 0 Å². The van der Waals surface area contributed by atoms with Crippen molar-refractivity contribution in [1.29, 1.82) is 0 Å². The van der Waals surface area contributed by atoms with Crippen LogP contribution in [0.3, 0.4) is 0 Å². The topological polar surface area (TPSA) is 59.4 Å². The molecule has 27 heavy (non-hydrogen) atoms. The Hall–Kier alpha value is -3.28. The highest BCUT2D eigenvalue weighted by Crippen LogP contribution is 2.39. The first-order valence-electron chi connectivity index (χ1n) is 8.81. The van der Waals surface area contributed by atoms with Crippen LogP contribution in [-0.2, 0) is 9.53 Å². The first-order chi connectivity index (χ1) is 13.0. The minimum atomic E-state index is -0.342. The van der Waals surface area contributed by atoms with E-state index >= 15 is 0 Å². The Morgan fingerprint density at radius 2 is 1.85 bits per heavy atom. The maximum Gasteiger partial charge on any atom is 0.337 e. The zero-order valence-electron chi connectivity index (χ0n) is 15.9. The quantitative estimate of drug-likeness (QED) is 0.722. The van der Waals surface area contributed by atoms with Crippen molar-refractivity contribution in [3.8, 4) is 0 Å². The van der Waals surface area contributed by atoms with E-state index in [-0.39, 0.29) is 12.0 Å². The molecule has 4 rings (SSSR count). The standard InChI is InChI=1S/C21H22N4O2/c1-13-18(20(26)27-4)19(14-9-11-15(12-10-14)24(2)3)25-17-8-6-5-7-16(17)23-21(25)22-13/h5-12,19H,1-4H3,(H,22,23). The smallest absolute Gasteiger partial charge is 0.337 e. The van der Waals surface area contributed by atoms with Crippen LogP contribution in [0.15, 0.2) is 59.8 Å². The molecule has 0 aliphatic carbocycles. The van der Waals surface area contributed by atoms with Crippen molar-refractivity contribution < 1.29 is 9.53 Å². The van der Waals surface area contributed by atoms with Gasteiger partial charge < -0.3 is 15.0 Å². The number of esters is 1. The van der Waals surface area contributed by atoms with E-state index in [4.69, 9.17) is 9.72 Å². The van der Waals surface area contributed by atoms with Gasteiger partial charge in [0.05, 0.1) is 29.8 Å². The number of carbonyl (C=O) groups excluding carboxylic acids is 1. The second kappa shape index (κ2) is 6.46. The number of nitrogens with zero attached hydrogens (tertiary/aromatic N) is 3. The number of hydrogen-bond donors (Lipinski definition) is 1. The molecule has 0 saturated heterocycles. The number of ether oxygens (including phenoxy) is 1. The van der Waals surface area contributed by atoms with Crippen molar-refractivity contribution in [2.45, 2.75) is 13.0 Å². The molecule has 2 aromatic carbocycles. The van der Waals surface area contributed by atoms with Crippen LogP contribution in [0.5, 0.6) is 0 Å². The summed E-state index contributed by atoms with van der Waals surface area (Å²) in [6, 6.07) is 15.8. The highest BCUT2D eigenvalue weighted by molar-refractivity contribution is 5.94. The number of nitrogens with one attached hydrogen (secondary N) is 1. The zero-order chi connectivity index (χ0) is 19.1. The van der Waals surface area contributed by atoms with Gasteiger partial charge in [0.2, 0.25) is 5.95 Å². The second-order valence-electron chi connectivity index (χ2n) is 6.84. The minimum absolute atomic E-state index is 0.308. The maximum atomic E-state index is 12.6. The molecule has 1 aromatic heterocycles. The van der Waals surface area contributed by atoms with Crippen molar-refractivity contribution in [2.75, 3.05) is 31.4 Å². The van der Waals surface area contributed by atoms with E-state index in [1.165, 1.54) is 7.11 Å². The Morgan fingerprint density at radius 1 is 1.15 bits per heavy atom. The lowest BCUT2D eigenvalue weighted by Crippen LogP contribution is -2.28. The van der Waals surface area contributed by atoms with Gasteiger partial charge in [-0.2, -0.15) is 0 Å². The normalized spacial score (nSPS) is 16.1. The number of allylic oxidation sites excluding steroid dienone is 1. The summed E-state index contributed by atoms with van der Waals surface area (Å²) in [6.45, 7) is 1.89. The van der Waals surface area contributed by atoms with Crippen molar-refractivity contribution >= 4 is 28.6 Å². The molecule has 6 nitrogen and oxygen atoms in total. The van der Waals surface area contributed by atoms with E-state index < -0.39 is 0 Å². The third-order valence-corrected chi connectivity index (χ3v) is 4.96. The number of rotatable bonds is 3. The molecule has 1 aliphatic rings. The lowest BCUT2D eigenvalue weighted by Gasteiger charge is -2.30. The van der Waals surface area contributed by atoms with Gasteiger partial charge in [-0.3, -0.25) is 4.57 Å². The van der Waals surface area contributed by atoms with Crippen LogP contribution in [-0.4, -0.2) is 36.7 Å². The van der Waals surface area contributed by atoms with Gasteiger partial charge in [-0.15, -0.1) is 0 Å². The molecule has 1 N–H and O–H groups in total. The molecule has 0 radical (unpaired) electrons. The lowest BCUT2D eigenvalue weighted by atomic mass is 9.95. The Morgan fingerprint density at radius 3 is 2.52 bits per heavy atom. The zero-order valence-corrected chi connectivity index (χ0v) is 15.9. The van der Waals surface area contributed by atoms with Gasteiger partial charge in [-0.1, -0.05) is 24.3 Å². The molecule has 6 heteroatoms. The highest BCUT2D eigenvalue weighted by Gasteiger charge is 2.34. The molecule has 3 aromatic rings. The van der Waals surface area contributed by atoms with Crippen LogP contribution < -0.4 is 10.2 Å². The van der Waals surface area contributed by atoms with Crippen LogP contribution in [0.4, 0.5) is 11.6 Å². The summed E-state index contributed by atoms with van der Waals surface area (Å²) in [6.07, 6.45) is 0. The number of anilines is 2. The number of fused-ring (bicyclic) bond motifs is 3. The average molecular weight is 362 g/mol. The predicted octanol–water partition coefficient (Wildman–Crippen LogP) is 3.56. The molecule has 0 fully saturated rings. The van der Waals surface area contributed by atoms with Gasteiger partial charge in [0.1, 0.15) is 0 Å². The molecular formula is C21H22N4O2. The number of para-hydroxylation sites is 2. The summed E-state index contributed by atoms with van der Waals surface area (Å²) in [4.78, 5) is 19.4. The van der Waals surface area contributed by atoms with E-state index in [2.05, 4.69) is 34.1 Å². The fourth-order valence-electron chi connectivity index (χ4n) is 3.61. The Kier molecular flexibility index (Phi) is 4.11. The molecule has 2 heterocycles. The number of hydrogen-bond acceptors (Lipinski definition) is 5. The van der Waals surface area contributed by atoms with Gasteiger partial charge in [0.25, 0.3) is 0 Å². The van der Waals surface area contributed by atoms with E-state index in [9.17, 15) is 4.79 Å². The van der Waals surface area contributed by atoms with Crippen LogP contribution in [0.25, 0.3) is 11.0 Å². The first kappa shape index (κ1) is 17.1. The van der Waals surface area contributed by atoms with E-state index in [0.29, 0.717) is 5.57 Å². The molecule has 1 aliphatic heterocycles. The molecule has 0 amide bonds. The van der Waals surface area contributed by atoms with Crippen molar-refractivity contribution in [2.24, 2.45) is 0 Å². The number of carbonyl (C=O) groups is 1. The van der Waals surface area contributed by atoms with E-state index in [0.717, 1.165) is 33.9 Å². The number of aromatic nitrogens is 2. The average Bonchev–Trinajstić information content (AvgIpc) is 3.04. The van der Waals surface area contributed by atoms with Crippen molar-refractivity contribution in [3.63, 3.8) is 0 Å². The van der Waals surface area contributed by atoms with Gasteiger partial charge >= 0.3 is 5.97 Å². The second-order valence-corrected chi connectivity index (χ2v) is 6.84. The molecule has 1 atom stereocenters. The third-order valence-electron chi connectivity index (χ3n) is 4.96. The fraction of sp³-hybridized carbons (Fsp3) is 0.238. The Bertz CT molecular complexity index is 1050. The Labute approximate surface area is 158 Å². The minimum Gasteiger partial charge on any atom is -0.466 e. The largest absolute Gasteiger partial charge is 0.466 e. The van der Waals surface area contributed by atoms with Crippen molar-refractivity contribution in [1.82, 2.24) is 9.55 Å². The predicted molar refractivity (Wildman–Crippen MR) is 107 cm³/mol. The SMILES string of the molecule is COC(=O)C1=C(C)Nc2nc3ccccc3n2C1c1ccc(N(C)C)cc1. The van der Waals surface area contributed by atoms with Crippen LogP contribution in [0.1, 0.15) is 18.5 Å². The lowest BCUT2D eigenvalue weighted by molar-refractivity contribution is -0.136. The summed E-state index contributed by atoms with van der Waals surface area (Å²) in [5, 5.41) is 3.27.